The number of nitrogen functional groups attached to an aromatic ring is 1. The molecule has 9 nitrogen and oxygen atoms in total. The molecule has 3 rings (SSSR count). The monoisotopic (exact) mass is 380 g/mol. The Balaban J connectivity index is 1.92. The molecule has 2 saturated heterocycles. The molecule has 4 N–H and O–H groups in total. The number of piperazine rings is 1. The summed E-state index contributed by atoms with van der Waals surface area (Å²) in [5.41, 5.74) is 5.65. The SMILES string of the molecule is CCCC[C@H]1C(=O)NCC2N(C(=O)c3cnc(N)s3)C[C@H](NC)C(=O)N21. The molecule has 142 valence electrons. The van der Waals surface area contributed by atoms with Crippen LogP contribution in [-0.4, -0.2) is 70.9 Å². The number of hydrogen-bond acceptors (Lipinski definition) is 7. The van der Waals surface area contributed by atoms with Crippen molar-refractivity contribution < 1.29 is 14.4 Å². The quantitative estimate of drug-likeness (QED) is 0.640. The van der Waals surface area contributed by atoms with E-state index in [0.717, 1.165) is 24.2 Å². The predicted molar refractivity (Wildman–Crippen MR) is 97.4 cm³/mol. The maximum atomic E-state index is 13.0. The molecular formula is C16H24N6O3S. The zero-order valence-electron chi connectivity index (χ0n) is 14.9. The Kier molecular flexibility index (Phi) is 5.42. The smallest absolute Gasteiger partial charge is 0.267 e. The zero-order valence-corrected chi connectivity index (χ0v) is 15.7. The number of rotatable bonds is 5. The first kappa shape index (κ1) is 18.6. The molecule has 1 aromatic heterocycles. The third-order valence-corrected chi connectivity index (χ3v) is 5.70. The van der Waals surface area contributed by atoms with Gasteiger partial charge in [-0.15, -0.1) is 0 Å². The number of nitrogens with one attached hydrogen (secondary N) is 2. The Morgan fingerprint density at radius 2 is 2.27 bits per heavy atom. The number of carbonyl (C=O) groups excluding carboxylic acids is 3. The summed E-state index contributed by atoms with van der Waals surface area (Å²) < 4.78 is 0. The van der Waals surface area contributed by atoms with Gasteiger partial charge in [0.1, 0.15) is 23.1 Å². The Morgan fingerprint density at radius 1 is 1.50 bits per heavy atom. The van der Waals surface area contributed by atoms with Gasteiger partial charge in [0.15, 0.2) is 5.13 Å². The van der Waals surface area contributed by atoms with Gasteiger partial charge in [0, 0.05) is 6.54 Å². The summed E-state index contributed by atoms with van der Waals surface area (Å²) in [6.07, 6.45) is 3.29. The minimum absolute atomic E-state index is 0.138. The topological polar surface area (TPSA) is 121 Å². The molecule has 3 atom stereocenters. The molecule has 0 aromatic carbocycles. The molecule has 2 aliphatic heterocycles. The van der Waals surface area contributed by atoms with E-state index in [4.69, 9.17) is 5.73 Å². The van der Waals surface area contributed by atoms with Crippen molar-refractivity contribution in [1.29, 1.82) is 0 Å². The fourth-order valence-corrected chi connectivity index (χ4v) is 4.15. The lowest BCUT2D eigenvalue weighted by Gasteiger charge is -2.51. The van der Waals surface area contributed by atoms with E-state index in [1.807, 2.05) is 6.92 Å². The molecule has 0 bridgehead atoms. The van der Waals surface area contributed by atoms with E-state index in [1.54, 1.807) is 16.8 Å². The maximum absolute atomic E-state index is 13.0. The van der Waals surface area contributed by atoms with Crippen LogP contribution in [-0.2, 0) is 9.59 Å². The van der Waals surface area contributed by atoms with E-state index in [2.05, 4.69) is 15.6 Å². The number of fused-ring (bicyclic) bond motifs is 1. The van der Waals surface area contributed by atoms with E-state index in [1.165, 1.54) is 6.20 Å². The van der Waals surface area contributed by atoms with Crippen LogP contribution in [0.3, 0.4) is 0 Å². The van der Waals surface area contributed by atoms with Crippen LogP contribution in [0.4, 0.5) is 5.13 Å². The van der Waals surface area contributed by atoms with Gasteiger partial charge in [0.25, 0.3) is 5.91 Å². The van der Waals surface area contributed by atoms with Crippen LogP contribution in [0.15, 0.2) is 6.20 Å². The highest BCUT2D eigenvalue weighted by Crippen LogP contribution is 2.27. The number of likely N-dealkylation sites (N-methyl/N-ethyl adjacent to an activating group) is 1. The third-order valence-electron chi connectivity index (χ3n) is 4.88. The molecular weight excluding hydrogens is 356 g/mol. The lowest BCUT2D eigenvalue weighted by molar-refractivity contribution is -0.159. The predicted octanol–water partition coefficient (Wildman–Crippen LogP) is -0.388. The number of nitrogens with two attached hydrogens (primary N) is 1. The Hall–Kier alpha value is -2.20. The lowest BCUT2D eigenvalue weighted by atomic mass is 9.99. The first-order valence-electron chi connectivity index (χ1n) is 8.77. The highest BCUT2D eigenvalue weighted by molar-refractivity contribution is 7.17. The van der Waals surface area contributed by atoms with Crippen molar-refractivity contribution >= 4 is 34.2 Å². The molecule has 1 aromatic rings. The molecule has 0 aliphatic carbocycles. The molecule has 3 amide bonds. The van der Waals surface area contributed by atoms with Gasteiger partial charge in [-0.2, -0.15) is 0 Å². The summed E-state index contributed by atoms with van der Waals surface area (Å²) in [4.78, 5) is 45.9. The van der Waals surface area contributed by atoms with Gasteiger partial charge in [0.2, 0.25) is 11.8 Å². The van der Waals surface area contributed by atoms with Crippen LogP contribution in [0.1, 0.15) is 35.9 Å². The Morgan fingerprint density at radius 3 is 2.88 bits per heavy atom. The van der Waals surface area contributed by atoms with Crippen LogP contribution in [0.2, 0.25) is 0 Å². The number of nitrogens with zero attached hydrogens (tertiary/aromatic N) is 3. The number of carbonyl (C=O) groups is 3. The van der Waals surface area contributed by atoms with Gasteiger partial charge in [0.05, 0.1) is 12.7 Å². The number of thiazole rings is 1. The van der Waals surface area contributed by atoms with Crippen LogP contribution in [0.5, 0.6) is 0 Å². The molecule has 1 unspecified atom stereocenters. The molecule has 0 saturated carbocycles. The molecule has 0 radical (unpaired) electrons. The van der Waals surface area contributed by atoms with Gasteiger partial charge in [-0.05, 0) is 13.5 Å². The van der Waals surface area contributed by atoms with Crippen molar-refractivity contribution in [2.24, 2.45) is 0 Å². The van der Waals surface area contributed by atoms with Crippen molar-refractivity contribution in [2.45, 2.75) is 44.4 Å². The minimum atomic E-state index is -0.556. The minimum Gasteiger partial charge on any atom is -0.375 e. The van der Waals surface area contributed by atoms with Crippen LogP contribution >= 0.6 is 11.3 Å². The second kappa shape index (κ2) is 7.58. The lowest BCUT2D eigenvalue weighted by Crippen LogP contribution is -2.75. The Bertz CT molecular complexity index is 708. The molecule has 3 heterocycles. The summed E-state index contributed by atoms with van der Waals surface area (Å²) in [7, 11) is 1.68. The summed E-state index contributed by atoms with van der Waals surface area (Å²) in [5.74, 6) is -0.525. The van der Waals surface area contributed by atoms with Crippen LogP contribution in [0.25, 0.3) is 0 Å². The maximum Gasteiger partial charge on any atom is 0.267 e. The molecule has 2 fully saturated rings. The van der Waals surface area contributed by atoms with Crippen molar-refractivity contribution in [3.05, 3.63) is 11.1 Å². The average molecular weight is 380 g/mol. The fraction of sp³-hybridized carbons (Fsp3) is 0.625. The first-order valence-corrected chi connectivity index (χ1v) is 9.59. The number of aromatic nitrogens is 1. The van der Waals surface area contributed by atoms with Crippen molar-refractivity contribution in [2.75, 3.05) is 25.9 Å². The highest BCUT2D eigenvalue weighted by atomic mass is 32.1. The number of anilines is 1. The summed E-state index contributed by atoms with van der Waals surface area (Å²) >= 11 is 1.12. The number of hydrogen-bond donors (Lipinski definition) is 3. The van der Waals surface area contributed by atoms with Crippen LogP contribution in [0, 0.1) is 0 Å². The molecule has 10 heteroatoms. The first-order chi connectivity index (χ1) is 12.5. The van der Waals surface area contributed by atoms with E-state index < -0.39 is 18.2 Å². The number of amides is 3. The van der Waals surface area contributed by atoms with E-state index in [9.17, 15) is 14.4 Å². The second-order valence-corrected chi connectivity index (χ2v) is 7.55. The van der Waals surface area contributed by atoms with Crippen molar-refractivity contribution in [3.8, 4) is 0 Å². The van der Waals surface area contributed by atoms with Crippen molar-refractivity contribution in [1.82, 2.24) is 25.4 Å². The molecule has 2 aliphatic rings. The van der Waals surface area contributed by atoms with Gasteiger partial charge < -0.3 is 26.2 Å². The van der Waals surface area contributed by atoms with E-state index in [-0.39, 0.29) is 30.8 Å². The van der Waals surface area contributed by atoms with Gasteiger partial charge >= 0.3 is 0 Å². The van der Waals surface area contributed by atoms with Gasteiger partial charge in [-0.1, -0.05) is 31.1 Å². The number of unbranched alkanes of at least 4 members (excludes halogenated alkanes) is 1. The summed E-state index contributed by atoms with van der Waals surface area (Å²) in [6.45, 7) is 2.50. The Labute approximate surface area is 155 Å². The standard InChI is InChI=1S/C16H24N6O3S/c1-3-4-5-10-13(23)19-7-12-21(8-9(18-2)14(24)22(10)12)15(25)11-6-20-16(17)26-11/h6,9-10,12,18H,3-5,7-8H2,1-2H3,(H2,17,20)(H,19,23)/t9-,10-,12?/m0/s1. The highest BCUT2D eigenvalue weighted by Gasteiger charge is 2.49. The normalized spacial score (nSPS) is 25.8. The van der Waals surface area contributed by atoms with Gasteiger partial charge in [-0.3, -0.25) is 14.4 Å². The average Bonchev–Trinajstić information content (AvgIpc) is 3.07. The van der Waals surface area contributed by atoms with E-state index >= 15 is 0 Å². The zero-order chi connectivity index (χ0) is 18.8. The summed E-state index contributed by atoms with van der Waals surface area (Å²) in [6, 6.07) is -1.10. The molecule has 0 spiro atoms. The largest absolute Gasteiger partial charge is 0.375 e. The van der Waals surface area contributed by atoms with Gasteiger partial charge in [-0.25, -0.2) is 4.98 Å². The van der Waals surface area contributed by atoms with Crippen LogP contribution < -0.4 is 16.4 Å². The fourth-order valence-electron chi connectivity index (χ4n) is 3.51. The second-order valence-electron chi connectivity index (χ2n) is 6.49. The van der Waals surface area contributed by atoms with Crippen molar-refractivity contribution in [3.63, 3.8) is 0 Å². The van der Waals surface area contributed by atoms with E-state index in [0.29, 0.717) is 16.4 Å². The summed E-state index contributed by atoms with van der Waals surface area (Å²) in [5, 5.41) is 6.14. The third kappa shape index (κ3) is 3.26. The molecule has 26 heavy (non-hydrogen) atoms.